The number of carbonyl (C=O) groups excluding carboxylic acids is 1. The molecule has 0 spiro atoms. The number of carbonyl (C=O) groups is 1. The highest BCUT2D eigenvalue weighted by atomic mass is 79.9. The molecule has 1 aromatic carbocycles. The first-order valence-electron chi connectivity index (χ1n) is 6.13. The van der Waals surface area contributed by atoms with Gasteiger partial charge in [-0.15, -0.1) is 0 Å². The summed E-state index contributed by atoms with van der Waals surface area (Å²) in [4.78, 5) is 12.1. The number of halogens is 2. The molecule has 1 unspecified atom stereocenters. The highest BCUT2D eigenvalue weighted by molar-refractivity contribution is 9.10. The molecule has 0 bridgehead atoms. The van der Waals surface area contributed by atoms with Crippen LogP contribution in [0.15, 0.2) is 22.7 Å². The monoisotopic (exact) mass is 314 g/mol. The third-order valence-electron chi connectivity index (χ3n) is 3.06. The Morgan fingerprint density at radius 1 is 1.44 bits per heavy atom. The zero-order valence-corrected chi connectivity index (χ0v) is 11.6. The predicted octanol–water partition coefficient (Wildman–Crippen LogP) is 2.46. The van der Waals surface area contributed by atoms with Crippen LogP contribution in [0.25, 0.3) is 0 Å². The second kappa shape index (κ2) is 6.29. The summed E-state index contributed by atoms with van der Waals surface area (Å²) >= 11 is 3.21. The molecule has 1 atom stereocenters. The second-order valence-corrected chi connectivity index (χ2v) is 5.35. The lowest BCUT2D eigenvalue weighted by atomic mass is 10.1. The number of hydrogen-bond donors (Lipinski definition) is 2. The van der Waals surface area contributed by atoms with E-state index in [-0.39, 0.29) is 17.8 Å². The first-order chi connectivity index (χ1) is 8.66. The van der Waals surface area contributed by atoms with Gasteiger partial charge in [-0.1, -0.05) is 6.42 Å². The van der Waals surface area contributed by atoms with Gasteiger partial charge in [-0.3, -0.25) is 4.79 Å². The predicted molar refractivity (Wildman–Crippen MR) is 72.1 cm³/mol. The highest BCUT2D eigenvalue weighted by Crippen LogP contribution is 2.18. The Morgan fingerprint density at radius 3 is 3.06 bits per heavy atom. The summed E-state index contributed by atoms with van der Waals surface area (Å²) in [5.74, 6) is -0.509. The van der Waals surface area contributed by atoms with E-state index in [1.165, 1.54) is 18.2 Å². The van der Waals surface area contributed by atoms with Crippen molar-refractivity contribution < 1.29 is 9.18 Å². The first kappa shape index (κ1) is 13.5. The van der Waals surface area contributed by atoms with Gasteiger partial charge in [0.2, 0.25) is 0 Å². The van der Waals surface area contributed by atoms with Crippen molar-refractivity contribution in [3.63, 3.8) is 0 Å². The van der Waals surface area contributed by atoms with Crippen molar-refractivity contribution in [1.29, 1.82) is 0 Å². The van der Waals surface area contributed by atoms with Crippen LogP contribution in [0.5, 0.6) is 0 Å². The molecule has 2 N–H and O–H groups in total. The number of amides is 1. The number of rotatable bonds is 2. The Labute approximate surface area is 114 Å². The van der Waals surface area contributed by atoms with Crippen LogP contribution in [0.4, 0.5) is 4.39 Å². The van der Waals surface area contributed by atoms with Crippen molar-refractivity contribution in [1.82, 2.24) is 10.6 Å². The van der Waals surface area contributed by atoms with Gasteiger partial charge in [-0.05, 0) is 53.5 Å². The van der Waals surface area contributed by atoms with E-state index in [1.54, 1.807) is 0 Å². The van der Waals surface area contributed by atoms with Crippen LogP contribution in [-0.4, -0.2) is 25.0 Å². The van der Waals surface area contributed by atoms with Gasteiger partial charge in [-0.2, -0.15) is 0 Å². The van der Waals surface area contributed by atoms with Gasteiger partial charge < -0.3 is 10.6 Å². The standard InChI is InChI=1S/C13H16BrFN2O/c14-12-7-9(15)4-5-11(12)13(18)17-10-3-1-2-6-16-8-10/h4-5,7,10,16H,1-3,6,8H2,(H,17,18). The quantitative estimate of drug-likeness (QED) is 0.880. The Hall–Kier alpha value is -0.940. The molecule has 1 aliphatic heterocycles. The maximum Gasteiger partial charge on any atom is 0.252 e. The summed E-state index contributed by atoms with van der Waals surface area (Å²) in [6.07, 6.45) is 3.24. The molecule has 0 radical (unpaired) electrons. The minimum absolute atomic E-state index is 0.150. The van der Waals surface area contributed by atoms with E-state index in [9.17, 15) is 9.18 Å². The fourth-order valence-corrected chi connectivity index (χ4v) is 2.61. The lowest BCUT2D eigenvalue weighted by molar-refractivity contribution is 0.0934. The molecule has 1 fully saturated rings. The van der Waals surface area contributed by atoms with Crippen LogP contribution in [-0.2, 0) is 0 Å². The van der Waals surface area contributed by atoms with E-state index < -0.39 is 0 Å². The Bertz CT molecular complexity index is 431. The summed E-state index contributed by atoms with van der Waals surface area (Å²) in [7, 11) is 0. The van der Waals surface area contributed by atoms with E-state index in [0.29, 0.717) is 10.0 Å². The number of benzene rings is 1. The molecule has 3 nitrogen and oxygen atoms in total. The average Bonchev–Trinajstić information content (AvgIpc) is 2.57. The van der Waals surface area contributed by atoms with Crippen molar-refractivity contribution >= 4 is 21.8 Å². The molecular formula is C13H16BrFN2O. The lowest BCUT2D eigenvalue weighted by Gasteiger charge is -2.16. The van der Waals surface area contributed by atoms with Crippen molar-refractivity contribution in [2.45, 2.75) is 25.3 Å². The Morgan fingerprint density at radius 2 is 2.28 bits per heavy atom. The highest BCUT2D eigenvalue weighted by Gasteiger charge is 2.17. The Balaban J connectivity index is 2.02. The zero-order chi connectivity index (χ0) is 13.0. The van der Waals surface area contributed by atoms with E-state index in [2.05, 4.69) is 26.6 Å². The molecule has 1 aliphatic rings. The summed E-state index contributed by atoms with van der Waals surface area (Å²) < 4.78 is 13.4. The molecule has 1 heterocycles. The minimum atomic E-state index is -0.352. The van der Waals surface area contributed by atoms with E-state index >= 15 is 0 Å². The number of hydrogen-bond acceptors (Lipinski definition) is 2. The van der Waals surface area contributed by atoms with Gasteiger partial charge in [0.15, 0.2) is 0 Å². The second-order valence-electron chi connectivity index (χ2n) is 4.49. The van der Waals surface area contributed by atoms with Gasteiger partial charge >= 0.3 is 0 Å². The van der Waals surface area contributed by atoms with Crippen molar-refractivity contribution in [3.05, 3.63) is 34.1 Å². The maximum absolute atomic E-state index is 13.0. The largest absolute Gasteiger partial charge is 0.348 e. The summed E-state index contributed by atoms with van der Waals surface area (Å²) in [6, 6.07) is 4.25. The fraction of sp³-hybridized carbons (Fsp3) is 0.462. The van der Waals surface area contributed by atoms with Crippen LogP contribution < -0.4 is 10.6 Å². The molecule has 18 heavy (non-hydrogen) atoms. The average molecular weight is 315 g/mol. The van der Waals surface area contributed by atoms with Crippen LogP contribution >= 0.6 is 15.9 Å². The number of nitrogens with one attached hydrogen (secondary N) is 2. The molecule has 5 heteroatoms. The normalized spacial score (nSPS) is 20.2. The summed E-state index contributed by atoms with van der Waals surface area (Å²) in [5.41, 5.74) is 0.473. The molecular weight excluding hydrogens is 299 g/mol. The van der Waals surface area contributed by atoms with Crippen LogP contribution in [0.1, 0.15) is 29.6 Å². The van der Waals surface area contributed by atoms with Crippen LogP contribution in [0, 0.1) is 5.82 Å². The molecule has 1 aromatic rings. The van der Waals surface area contributed by atoms with E-state index in [1.807, 2.05) is 0 Å². The van der Waals surface area contributed by atoms with Crippen LogP contribution in [0.3, 0.4) is 0 Å². The maximum atomic E-state index is 13.0. The van der Waals surface area contributed by atoms with Gasteiger partial charge in [0.25, 0.3) is 5.91 Å². The summed E-state index contributed by atoms with van der Waals surface area (Å²) in [6.45, 7) is 1.80. The van der Waals surface area contributed by atoms with Gasteiger partial charge in [0, 0.05) is 17.1 Å². The van der Waals surface area contributed by atoms with E-state index in [4.69, 9.17) is 0 Å². The Kier molecular flexibility index (Phi) is 4.72. The van der Waals surface area contributed by atoms with Crippen molar-refractivity contribution in [2.75, 3.05) is 13.1 Å². The van der Waals surface area contributed by atoms with Crippen molar-refractivity contribution in [2.24, 2.45) is 0 Å². The molecule has 1 amide bonds. The molecule has 2 rings (SSSR count). The van der Waals surface area contributed by atoms with Gasteiger partial charge in [-0.25, -0.2) is 4.39 Å². The third-order valence-corrected chi connectivity index (χ3v) is 3.71. The topological polar surface area (TPSA) is 41.1 Å². The lowest BCUT2D eigenvalue weighted by Crippen LogP contribution is -2.40. The van der Waals surface area contributed by atoms with Gasteiger partial charge in [0.1, 0.15) is 5.82 Å². The SMILES string of the molecule is O=C(NC1CCCCNC1)c1ccc(F)cc1Br. The van der Waals surface area contributed by atoms with E-state index in [0.717, 1.165) is 32.4 Å². The van der Waals surface area contributed by atoms with Crippen LogP contribution in [0.2, 0.25) is 0 Å². The molecule has 0 aromatic heterocycles. The molecule has 0 aliphatic carbocycles. The first-order valence-corrected chi connectivity index (χ1v) is 6.93. The summed E-state index contributed by atoms with van der Waals surface area (Å²) in [5, 5.41) is 6.27. The van der Waals surface area contributed by atoms with Gasteiger partial charge in [0.05, 0.1) is 5.56 Å². The zero-order valence-electron chi connectivity index (χ0n) is 10.0. The molecule has 0 saturated carbocycles. The third kappa shape index (κ3) is 3.53. The van der Waals surface area contributed by atoms with Crippen molar-refractivity contribution in [3.8, 4) is 0 Å². The fourth-order valence-electron chi connectivity index (χ4n) is 2.08. The molecule has 98 valence electrons. The molecule has 1 saturated heterocycles. The smallest absolute Gasteiger partial charge is 0.252 e. The minimum Gasteiger partial charge on any atom is -0.348 e.